The Morgan fingerprint density at radius 2 is 2.05 bits per heavy atom. The predicted octanol–water partition coefficient (Wildman–Crippen LogP) is 2.68. The maximum absolute atomic E-state index is 10.8. The molecule has 1 aromatic heterocycles. The van der Waals surface area contributed by atoms with Gasteiger partial charge in [0.25, 0.3) is 0 Å². The zero-order valence-corrected chi connectivity index (χ0v) is 11.5. The minimum Gasteiger partial charge on any atom is -0.379 e. The molecule has 0 aliphatic heterocycles. The number of benzene rings is 1. The first-order valence-corrected chi connectivity index (χ1v) is 6.33. The van der Waals surface area contributed by atoms with E-state index in [1.54, 1.807) is 35.9 Å². The second-order valence-electron chi connectivity index (χ2n) is 4.42. The van der Waals surface area contributed by atoms with Crippen LogP contribution in [0.3, 0.4) is 0 Å². The summed E-state index contributed by atoms with van der Waals surface area (Å²) in [7, 11) is 0. The number of hydrogen-bond acceptors (Lipinski definition) is 3. The van der Waals surface area contributed by atoms with Crippen molar-refractivity contribution in [2.45, 2.75) is 26.0 Å². The van der Waals surface area contributed by atoms with Crippen molar-refractivity contribution >= 4 is 11.6 Å². The summed E-state index contributed by atoms with van der Waals surface area (Å²) < 4.78 is 1.67. The van der Waals surface area contributed by atoms with Crippen LogP contribution in [-0.2, 0) is 12.1 Å². The molecule has 0 saturated heterocycles. The maximum atomic E-state index is 10.8. The standard InChI is InChI=1S/C14H14ClN3O/c1-3-18-13(12(15)9-17-18)14(2,19)11-6-4-10(8-16)5-7-11/h4-7,9,19H,3H2,1-2H3. The van der Waals surface area contributed by atoms with Crippen molar-refractivity contribution in [2.24, 2.45) is 0 Å². The topological polar surface area (TPSA) is 61.8 Å². The Hall–Kier alpha value is -1.83. The molecule has 0 aliphatic rings. The van der Waals surface area contributed by atoms with Crippen molar-refractivity contribution < 1.29 is 5.11 Å². The average Bonchev–Trinajstić information content (AvgIpc) is 2.80. The molecule has 1 aromatic carbocycles. The smallest absolute Gasteiger partial charge is 0.130 e. The van der Waals surface area contributed by atoms with Crippen LogP contribution in [0.15, 0.2) is 30.5 Å². The van der Waals surface area contributed by atoms with Gasteiger partial charge in [-0.2, -0.15) is 10.4 Å². The van der Waals surface area contributed by atoms with Crippen LogP contribution in [0.25, 0.3) is 0 Å². The lowest BCUT2D eigenvalue weighted by atomic mass is 9.91. The van der Waals surface area contributed by atoms with Crippen LogP contribution >= 0.6 is 11.6 Å². The molecule has 0 fully saturated rings. The molecule has 4 nitrogen and oxygen atoms in total. The molecule has 1 atom stereocenters. The third-order valence-electron chi connectivity index (χ3n) is 3.13. The first kappa shape index (κ1) is 13.6. The van der Waals surface area contributed by atoms with Crippen molar-refractivity contribution in [3.63, 3.8) is 0 Å². The highest BCUT2D eigenvalue weighted by molar-refractivity contribution is 6.31. The molecular weight excluding hydrogens is 262 g/mol. The van der Waals surface area contributed by atoms with E-state index in [1.165, 1.54) is 6.20 Å². The Balaban J connectivity index is 2.51. The van der Waals surface area contributed by atoms with Crippen LogP contribution in [0.4, 0.5) is 0 Å². The molecule has 0 spiro atoms. The number of hydrogen-bond donors (Lipinski definition) is 1. The second-order valence-corrected chi connectivity index (χ2v) is 4.83. The van der Waals surface area contributed by atoms with E-state index in [0.29, 0.717) is 28.4 Å². The SMILES string of the molecule is CCn1ncc(Cl)c1C(C)(O)c1ccc(C#N)cc1. The van der Waals surface area contributed by atoms with Gasteiger partial charge in [-0.05, 0) is 31.5 Å². The summed E-state index contributed by atoms with van der Waals surface area (Å²) in [6, 6.07) is 8.84. The molecular formula is C14H14ClN3O. The molecule has 2 aromatic rings. The molecule has 0 aliphatic carbocycles. The molecule has 0 amide bonds. The third kappa shape index (κ3) is 2.35. The van der Waals surface area contributed by atoms with E-state index in [2.05, 4.69) is 5.10 Å². The fourth-order valence-corrected chi connectivity index (χ4v) is 2.42. The fraction of sp³-hybridized carbons (Fsp3) is 0.286. The van der Waals surface area contributed by atoms with Gasteiger partial charge < -0.3 is 5.11 Å². The molecule has 1 unspecified atom stereocenters. The van der Waals surface area contributed by atoms with Crippen molar-refractivity contribution in [2.75, 3.05) is 0 Å². The number of nitrogens with zero attached hydrogens (tertiary/aromatic N) is 3. The van der Waals surface area contributed by atoms with Crippen molar-refractivity contribution in [3.8, 4) is 6.07 Å². The fourth-order valence-electron chi connectivity index (χ4n) is 2.09. The quantitative estimate of drug-likeness (QED) is 0.937. The lowest BCUT2D eigenvalue weighted by Gasteiger charge is -2.25. The highest BCUT2D eigenvalue weighted by Crippen LogP contribution is 2.33. The summed E-state index contributed by atoms with van der Waals surface area (Å²) in [5.74, 6) is 0. The molecule has 19 heavy (non-hydrogen) atoms. The van der Waals surface area contributed by atoms with E-state index >= 15 is 0 Å². The Bertz CT molecular complexity index is 623. The van der Waals surface area contributed by atoms with Gasteiger partial charge in [0.05, 0.1) is 28.5 Å². The van der Waals surface area contributed by atoms with E-state index in [1.807, 2.05) is 13.0 Å². The van der Waals surface area contributed by atoms with Crippen LogP contribution in [0.5, 0.6) is 0 Å². The second kappa shape index (κ2) is 5.04. The summed E-state index contributed by atoms with van der Waals surface area (Å²) in [5.41, 5.74) is 0.525. The van der Waals surface area contributed by atoms with Gasteiger partial charge in [0, 0.05) is 6.54 Å². The number of aromatic nitrogens is 2. The molecule has 1 N–H and O–H groups in total. The van der Waals surface area contributed by atoms with E-state index in [9.17, 15) is 5.11 Å². The number of aliphatic hydroxyl groups is 1. The molecule has 1 heterocycles. The van der Waals surface area contributed by atoms with E-state index in [-0.39, 0.29) is 0 Å². The largest absolute Gasteiger partial charge is 0.379 e. The maximum Gasteiger partial charge on any atom is 0.130 e. The molecule has 2 rings (SSSR count). The lowest BCUT2D eigenvalue weighted by molar-refractivity contribution is 0.0919. The number of rotatable bonds is 3. The monoisotopic (exact) mass is 275 g/mol. The Morgan fingerprint density at radius 1 is 1.42 bits per heavy atom. The molecule has 0 radical (unpaired) electrons. The van der Waals surface area contributed by atoms with E-state index in [0.717, 1.165) is 0 Å². The molecule has 5 heteroatoms. The Labute approximate surface area is 116 Å². The minimum absolute atomic E-state index is 0.427. The normalized spacial score (nSPS) is 13.8. The highest BCUT2D eigenvalue weighted by atomic mass is 35.5. The summed E-state index contributed by atoms with van der Waals surface area (Å²) >= 11 is 6.12. The number of aryl methyl sites for hydroxylation is 1. The van der Waals surface area contributed by atoms with E-state index in [4.69, 9.17) is 16.9 Å². The first-order valence-electron chi connectivity index (χ1n) is 5.95. The van der Waals surface area contributed by atoms with Crippen molar-refractivity contribution in [1.82, 2.24) is 9.78 Å². The molecule has 98 valence electrons. The third-order valence-corrected chi connectivity index (χ3v) is 3.41. The van der Waals surface area contributed by atoms with Crippen LogP contribution < -0.4 is 0 Å². The van der Waals surface area contributed by atoms with Gasteiger partial charge in [0.2, 0.25) is 0 Å². The van der Waals surface area contributed by atoms with E-state index < -0.39 is 5.60 Å². The van der Waals surface area contributed by atoms with Crippen LogP contribution in [-0.4, -0.2) is 14.9 Å². The van der Waals surface area contributed by atoms with Gasteiger partial charge in [0.1, 0.15) is 5.60 Å². The van der Waals surface area contributed by atoms with Gasteiger partial charge in [0.15, 0.2) is 0 Å². The average molecular weight is 276 g/mol. The van der Waals surface area contributed by atoms with Crippen LogP contribution in [0.2, 0.25) is 5.02 Å². The van der Waals surface area contributed by atoms with Crippen LogP contribution in [0.1, 0.15) is 30.7 Å². The molecule has 0 saturated carbocycles. The zero-order valence-electron chi connectivity index (χ0n) is 10.8. The summed E-state index contributed by atoms with van der Waals surface area (Å²) in [5, 5.41) is 24.1. The van der Waals surface area contributed by atoms with Gasteiger partial charge in [-0.1, -0.05) is 23.7 Å². The summed E-state index contributed by atoms with van der Waals surface area (Å²) in [6.07, 6.45) is 1.53. The summed E-state index contributed by atoms with van der Waals surface area (Å²) in [4.78, 5) is 0. The van der Waals surface area contributed by atoms with Gasteiger partial charge in [-0.3, -0.25) is 4.68 Å². The van der Waals surface area contributed by atoms with Crippen molar-refractivity contribution in [1.29, 1.82) is 5.26 Å². The van der Waals surface area contributed by atoms with Gasteiger partial charge in [-0.25, -0.2) is 0 Å². The Morgan fingerprint density at radius 3 is 2.58 bits per heavy atom. The zero-order chi connectivity index (χ0) is 14.0. The Kier molecular flexibility index (Phi) is 3.61. The highest BCUT2D eigenvalue weighted by Gasteiger charge is 2.32. The summed E-state index contributed by atoms with van der Waals surface area (Å²) in [6.45, 7) is 4.22. The lowest BCUT2D eigenvalue weighted by Crippen LogP contribution is -2.27. The number of halogens is 1. The first-order chi connectivity index (χ1) is 9.00. The van der Waals surface area contributed by atoms with Crippen molar-refractivity contribution in [3.05, 3.63) is 52.3 Å². The number of nitriles is 1. The minimum atomic E-state index is -1.25. The molecule has 0 bridgehead atoms. The van der Waals surface area contributed by atoms with Crippen LogP contribution in [0, 0.1) is 11.3 Å². The predicted molar refractivity (Wildman–Crippen MR) is 72.7 cm³/mol. The van der Waals surface area contributed by atoms with Gasteiger partial charge in [-0.15, -0.1) is 0 Å². The van der Waals surface area contributed by atoms with Gasteiger partial charge >= 0.3 is 0 Å².